The smallest absolute Gasteiger partial charge is 0.101 e. The van der Waals surface area contributed by atoms with Crippen molar-refractivity contribution in [3.05, 3.63) is 182 Å². The van der Waals surface area contributed by atoms with E-state index in [-0.39, 0.29) is 0 Å². The van der Waals surface area contributed by atoms with Crippen LogP contribution in [0.4, 0.5) is 0 Å². The number of para-hydroxylation sites is 1. The third kappa shape index (κ3) is 5.16. The molecule has 3 heterocycles. The third-order valence-electron chi connectivity index (χ3n) is 9.11. The molecule has 4 heteroatoms. The van der Waals surface area contributed by atoms with Crippen LogP contribution in [0, 0.1) is 0 Å². The molecule has 0 N–H and O–H groups in total. The van der Waals surface area contributed by atoms with E-state index in [0.29, 0.717) is 0 Å². The average Bonchev–Trinajstić information content (AvgIpc) is 3.60. The maximum atomic E-state index is 5.35. The van der Waals surface area contributed by atoms with Gasteiger partial charge in [-0.2, -0.15) is 5.10 Å². The second-order valence-corrected chi connectivity index (χ2v) is 12.1. The molecule has 0 saturated carbocycles. The van der Waals surface area contributed by atoms with Crippen molar-refractivity contribution < 1.29 is 0 Å². The maximum absolute atomic E-state index is 5.35. The van der Waals surface area contributed by atoms with Gasteiger partial charge in [0.1, 0.15) is 5.69 Å². The maximum Gasteiger partial charge on any atom is 0.101 e. The molecule has 9 rings (SSSR count). The predicted octanol–water partition coefficient (Wildman–Crippen LogP) is 11.3. The molecule has 9 aromatic rings. The fourth-order valence-corrected chi connectivity index (χ4v) is 6.79. The van der Waals surface area contributed by atoms with E-state index < -0.39 is 0 Å². The predicted molar refractivity (Wildman–Crippen MR) is 201 cm³/mol. The molecule has 0 fully saturated rings. The number of fused-ring (bicyclic) bond motifs is 3. The molecular formula is C45H30N4. The Kier molecular flexibility index (Phi) is 7.10. The van der Waals surface area contributed by atoms with Crippen molar-refractivity contribution >= 4 is 21.7 Å². The molecule has 0 bridgehead atoms. The van der Waals surface area contributed by atoms with E-state index in [1.54, 1.807) is 6.20 Å². The lowest BCUT2D eigenvalue weighted by Gasteiger charge is -2.14. The van der Waals surface area contributed by atoms with Crippen molar-refractivity contribution in [2.45, 2.75) is 0 Å². The van der Waals surface area contributed by atoms with Crippen LogP contribution in [0.15, 0.2) is 182 Å². The highest BCUT2D eigenvalue weighted by atomic mass is 15.3. The zero-order valence-electron chi connectivity index (χ0n) is 26.6. The molecule has 0 unspecified atom stereocenters. The Morgan fingerprint density at radius 2 is 1.02 bits per heavy atom. The lowest BCUT2D eigenvalue weighted by Crippen LogP contribution is -1.97. The summed E-state index contributed by atoms with van der Waals surface area (Å²) in [7, 11) is 0. The van der Waals surface area contributed by atoms with E-state index in [9.17, 15) is 0 Å². The summed E-state index contributed by atoms with van der Waals surface area (Å²) < 4.78 is 2.12. The summed E-state index contributed by atoms with van der Waals surface area (Å²) in [6, 6.07) is 61.3. The molecular weight excluding hydrogens is 597 g/mol. The molecule has 6 aromatic carbocycles. The van der Waals surface area contributed by atoms with Crippen LogP contribution in [-0.2, 0) is 0 Å². The first-order chi connectivity index (χ1) is 24.3. The van der Waals surface area contributed by atoms with Gasteiger partial charge >= 0.3 is 0 Å². The van der Waals surface area contributed by atoms with E-state index in [0.717, 1.165) is 72.6 Å². The highest BCUT2D eigenvalue weighted by Gasteiger charge is 2.22. The van der Waals surface area contributed by atoms with Gasteiger partial charge in [0, 0.05) is 28.1 Å². The van der Waals surface area contributed by atoms with Crippen LogP contribution < -0.4 is 0 Å². The second kappa shape index (κ2) is 12.2. The lowest BCUT2D eigenvalue weighted by molar-refractivity contribution is 0.918. The Labute approximate surface area is 284 Å². The SMILES string of the molecule is c1ccc(-c2cc3c(-c4ccc(-c5cccc(-c6ccccn6)n5)cc4)cccc3c3c2c(-c2ccccc2)nn3-c2ccccc2)cc1. The van der Waals surface area contributed by atoms with Crippen LogP contribution in [0.25, 0.3) is 83.5 Å². The minimum Gasteiger partial charge on any atom is -0.255 e. The van der Waals surface area contributed by atoms with E-state index in [4.69, 9.17) is 10.1 Å². The van der Waals surface area contributed by atoms with Gasteiger partial charge in [0.15, 0.2) is 0 Å². The van der Waals surface area contributed by atoms with Gasteiger partial charge in [-0.1, -0.05) is 133 Å². The number of rotatable bonds is 6. The van der Waals surface area contributed by atoms with Gasteiger partial charge in [0.05, 0.1) is 28.3 Å². The van der Waals surface area contributed by atoms with E-state index in [1.807, 2.05) is 36.4 Å². The number of hydrogen-bond donors (Lipinski definition) is 0. The molecule has 0 aliphatic rings. The van der Waals surface area contributed by atoms with E-state index in [1.165, 1.54) is 10.9 Å². The standard InChI is InChI=1S/C45H30N4/c1-4-14-31(15-5-1)38-30-39-36(32-25-27-33(28-26-32)40-23-13-24-42(47-40)41-22-10-11-29-46-41)20-12-21-37(39)45-43(38)44(34-16-6-2-7-17-34)48-49(45)35-18-8-3-9-19-35/h1-30H. The number of pyridine rings is 2. The zero-order valence-corrected chi connectivity index (χ0v) is 26.6. The van der Waals surface area contributed by atoms with Gasteiger partial charge in [-0.25, -0.2) is 9.67 Å². The number of benzene rings is 6. The van der Waals surface area contributed by atoms with Crippen molar-refractivity contribution in [1.29, 1.82) is 0 Å². The third-order valence-corrected chi connectivity index (χ3v) is 9.11. The quantitative estimate of drug-likeness (QED) is 0.184. The Morgan fingerprint density at radius 3 is 1.76 bits per heavy atom. The van der Waals surface area contributed by atoms with Gasteiger partial charge in [0.25, 0.3) is 0 Å². The molecule has 0 atom stereocenters. The number of hydrogen-bond acceptors (Lipinski definition) is 3. The van der Waals surface area contributed by atoms with E-state index >= 15 is 0 Å². The van der Waals surface area contributed by atoms with Gasteiger partial charge in [0.2, 0.25) is 0 Å². The summed E-state index contributed by atoms with van der Waals surface area (Å²) in [6.45, 7) is 0. The Bertz CT molecular complexity index is 2560. The Hall–Kier alpha value is -6.65. The molecule has 0 aliphatic carbocycles. The summed E-state index contributed by atoms with van der Waals surface area (Å²) >= 11 is 0. The largest absolute Gasteiger partial charge is 0.255 e. The van der Waals surface area contributed by atoms with Crippen molar-refractivity contribution in [2.75, 3.05) is 0 Å². The van der Waals surface area contributed by atoms with Crippen LogP contribution in [0.2, 0.25) is 0 Å². The molecule has 0 aliphatic heterocycles. The first kappa shape index (κ1) is 28.6. The minimum atomic E-state index is 0.860. The molecule has 230 valence electrons. The van der Waals surface area contributed by atoms with Crippen molar-refractivity contribution in [3.63, 3.8) is 0 Å². The number of aromatic nitrogens is 4. The second-order valence-electron chi connectivity index (χ2n) is 12.1. The first-order valence-corrected chi connectivity index (χ1v) is 16.5. The van der Waals surface area contributed by atoms with Crippen LogP contribution in [-0.4, -0.2) is 19.7 Å². The fourth-order valence-electron chi connectivity index (χ4n) is 6.79. The Morgan fingerprint density at radius 1 is 0.408 bits per heavy atom. The fraction of sp³-hybridized carbons (Fsp3) is 0. The van der Waals surface area contributed by atoms with Gasteiger partial charge in [-0.15, -0.1) is 0 Å². The van der Waals surface area contributed by atoms with E-state index in [2.05, 4.69) is 149 Å². The van der Waals surface area contributed by atoms with Crippen LogP contribution >= 0.6 is 0 Å². The van der Waals surface area contributed by atoms with Gasteiger partial charge in [-0.05, 0) is 70.1 Å². The molecule has 0 radical (unpaired) electrons. The normalized spacial score (nSPS) is 11.3. The van der Waals surface area contributed by atoms with Crippen molar-refractivity contribution in [2.24, 2.45) is 0 Å². The molecule has 49 heavy (non-hydrogen) atoms. The van der Waals surface area contributed by atoms with Crippen LogP contribution in [0.3, 0.4) is 0 Å². The molecule has 0 spiro atoms. The van der Waals surface area contributed by atoms with Gasteiger partial charge < -0.3 is 0 Å². The topological polar surface area (TPSA) is 43.6 Å². The molecule has 3 aromatic heterocycles. The van der Waals surface area contributed by atoms with Crippen LogP contribution in [0.1, 0.15) is 0 Å². The highest BCUT2D eigenvalue weighted by molar-refractivity contribution is 6.19. The summed E-state index contributed by atoms with van der Waals surface area (Å²) in [5.41, 5.74) is 12.5. The average molecular weight is 627 g/mol. The highest BCUT2D eigenvalue weighted by Crippen LogP contribution is 2.44. The molecule has 0 amide bonds. The summed E-state index contributed by atoms with van der Waals surface area (Å²) in [4.78, 5) is 9.43. The van der Waals surface area contributed by atoms with Crippen molar-refractivity contribution in [1.82, 2.24) is 19.7 Å². The monoisotopic (exact) mass is 626 g/mol. The summed E-state index contributed by atoms with van der Waals surface area (Å²) in [5.74, 6) is 0. The lowest BCUT2D eigenvalue weighted by atomic mass is 9.90. The zero-order chi connectivity index (χ0) is 32.6. The Balaban J connectivity index is 1.26. The molecule has 4 nitrogen and oxygen atoms in total. The van der Waals surface area contributed by atoms with Gasteiger partial charge in [-0.3, -0.25) is 4.98 Å². The van der Waals surface area contributed by atoms with Crippen molar-refractivity contribution in [3.8, 4) is 61.8 Å². The molecule has 0 saturated heterocycles. The summed E-state index contributed by atoms with van der Waals surface area (Å²) in [6.07, 6.45) is 1.80. The van der Waals surface area contributed by atoms with Crippen LogP contribution in [0.5, 0.6) is 0 Å². The number of nitrogens with zero attached hydrogens (tertiary/aromatic N) is 4. The summed E-state index contributed by atoms with van der Waals surface area (Å²) in [5, 5.41) is 8.81. The minimum absolute atomic E-state index is 0.860. The first-order valence-electron chi connectivity index (χ1n) is 16.5.